The van der Waals surface area contributed by atoms with Crippen molar-refractivity contribution in [3.63, 3.8) is 0 Å². The smallest absolute Gasteiger partial charge is 0.237 e. The number of rotatable bonds is 3. The molecular formula is C14H12BrFN2O2. The number of Topliss-reactive ketones (excluding diaryl/α,β-unsaturated/α-hetero) is 1. The second kappa shape index (κ2) is 6.14. The Morgan fingerprint density at radius 1 is 1.55 bits per heavy atom. The van der Waals surface area contributed by atoms with Crippen LogP contribution in [-0.4, -0.2) is 18.2 Å². The fourth-order valence-electron chi connectivity index (χ4n) is 2.34. The molecule has 0 spiro atoms. The Kier molecular flexibility index (Phi) is 4.50. The van der Waals surface area contributed by atoms with Crippen LogP contribution in [0.2, 0.25) is 0 Å². The van der Waals surface area contributed by atoms with Crippen LogP contribution in [0.15, 0.2) is 22.7 Å². The third-order valence-corrected chi connectivity index (χ3v) is 3.93. The van der Waals surface area contributed by atoms with E-state index in [1.165, 1.54) is 17.0 Å². The summed E-state index contributed by atoms with van der Waals surface area (Å²) in [5, 5.41) is 8.56. The van der Waals surface area contributed by atoms with E-state index in [9.17, 15) is 14.0 Å². The summed E-state index contributed by atoms with van der Waals surface area (Å²) < 4.78 is 14.4. The lowest BCUT2D eigenvalue weighted by atomic mass is 9.91. The van der Waals surface area contributed by atoms with Crippen molar-refractivity contribution < 1.29 is 14.0 Å². The van der Waals surface area contributed by atoms with Crippen molar-refractivity contribution in [3.8, 4) is 6.07 Å². The monoisotopic (exact) mass is 338 g/mol. The van der Waals surface area contributed by atoms with Crippen LogP contribution in [0.25, 0.3) is 0 Å². The predicted molar refractivity (Wildman–Crippen MR) is 74.4 cm³/mol. The second-order valence-corrected chi connectivity index (χ2v) is 5.41. The van der Waals surface area contributed by atoms with E-state index in [-0.39, 0.29) is 12.1 Å². The van der Waals surface area contributed by atoms with E-state index < -0.39 is 23.4 Å². The van der Waals surface area contributed by atoms with Gasteiger partial charge in [0.25, 0.3) is 0 Å². The molecule has 1 saturated heterocycles. The highest BCUT2D eigenvalue weighted by Crippen LogP contribution is 2.33. The zero-order chi connectivity index (χ0) is 14.7. The van der Waals surface area contributed by atoms with Crippen LogP contribution < -0.4 is 4.90 Å². The van der Waals surface area contributed by atoms with Gasteiger partial charge in [-0.1, -0.05) is 6.07 Å². The van der Waals surface area contributed by atoms with E-state index in [2.05, 4.69) is 15.9 Å². The van der Waals surface area contributed by atoms with Crippen LogP contribution in [0.3, 0.4) is 0 Å². The van der Waals surface area contributed by atoms with Gasteiger partial charge in [-0.2, -0.15) is 5.26 Å². The summed E-state index contributed by atoms with van der Waals surface area (Å²) in [5.41, 5.74) is 0.159. The first-order valence-corrected chi connectivity index (χ1v) is 7.00. The number of piperidine rings is 1. The molecule has 20 heavy (non-hydrogen) atoms. The largest absolute Gasteiger partial charge is 0.308 e. The van der Waals surface area contributed by atoms with E-state index in [0.717, 1.165) is 0 Å². The van der Waals surface area contributed by atoms with E-state index in [1.54, 1.807) is 12.1 Å². The lowest BCUT2D eigenvalue weighted by Gasteiger charge is -2.32. The summed E-state index contributed by atoms with van der Waals surface area (Å²) in [6.07, 6.45) is 0.735. The molecule has 4 nitrogen and oxygen atoms in total. The number of carbonyl (C=O) groups excluding carboxylic acids is 2. The van der Waals surface area contributed by atoms with Gasteiger partial charge in [-0.25, -0.2) is 4.39 Å². The summed E-state index contributed by atoms with van der Waals surface area (Å²) in [6, 6.07) is 6.21. The van der Waals surface area contributed by atoms with Gasteiger partial charge in [-0.3, -0.25) is 9.59 Å². The van der Waals surface area contributed by atoms with Crippen molar-refractivity contribution in [1.82, 2.24) is 0 Å². The van der Waals surface area contributed by atoms with Crippen LogP contribution in [-0.2, 0) is 9.59 Å². The van der Waals surface area contributed by atoms with E-state index >= 15 is 0 Å². The lowest BCUT2D eigenvalue weighted by Crippen LogP contribution is -2.44. The maximum Gasteiger partial charge on any atom is 0.237 e. The van der Waals surface area contributed by atoms with Crippen LogP contribution in [0.4, 0.5) is 10.1 Å². The SMILES string of the molecule is N#CCC(=O)C1CCCN(c2c(F)cccc2Br)C1=O. The number of hydrogen-bond acceptors (Lipinski definition) is 3. The van der Waals surface area contributed by atoms with E-state index in [4.69, 9.17) is 5.26 Å². The lowest BCUT2D eigenvalue weighted by molar-refractivity contribution is -0.133. The Hall–Kier alpha value is -1.74. The van der Waals surface area contributed by atoms with Crippen molar-refractivity contribution in [3.05, 3.63) is 28.5 Å². The zero-order valence-electron chi connectivity index (χ0n) is 10.6. The number of nitriles is 1. The number of benzene rings is 1. The molecular weight excluding hydrogens is 327 g/mol. The maximum atomic E-state index is 13.9. The molecule has 1 aromatic carbocycles. The molecule has 0 aliphatic carbocycles. The molecule has 6 heteroatoms. The molecule has 1 aromatic rings. The van der Waals surface area contributed by atoms with Crippen molar-refractivity contribution in [2.24, 2.45) is 5.92 Å². The van der Waals surface area contributed by atoms with Crippen molar-refractivity contribution in [2.75, 3.05) is 11.4 Å². The molecule has 1 aliphatic rings. The minimum atomic E-state index is -0.838. The fraction of sp³-hybridized carbons (Fsp3) is 0.357. The van der Waals surface area contributed by atoms with Crippen molar-refractivity contribution in [2.45, 2.75) is 19.3 Å². The average Bonchev–Trinajstić information content (AvgIpc) is 2.40. The van der Waals surface area contributed by atoms with Gasteiger partial charge < -0.3 is 4.90 Å². The number of para-hydroxylation sites is 1. The fourth-order valence-corrected chi connectivity index (χ4v) is 2.90. The van der Waals surface area contributed by atoms with Crippen molar-refractivity contribution in [1.29, 1.82) is 5.26 Å². The number of halogens is 2. The summed E-state index contributed by atoms with van der Waals surface area (Å²) in [6.45, 7) is 0.370. The molecule has 0 saturated carbocycles. The van der Waals surface area contributed by atoms with Gasteiger partial charge in [0.1, 0.15) is 5.82 Å². The molecule has 0 N–H and O–H groups in total. The molecule has 0 aromatic heterocycles. The Labute approximate surface area is 124 Å². The van der Waals surface area contributed by atoms with Crippen LogP contribution in [0.1, 0.15) is 19.3 Å². The first-order valence-electron chi connectivity index (χ1n) is 6.21. The van der Waals surface area contributed by atoms with E-state index in [0.29, 0.717) is 23.9 Å². The molecule has 1 amide bonds. The van der Waals surface area contributed by atoms with Crippen LogP contribution >= 0.6 is 15.9 Å². The quantitative estimate of drug-likeness (QED) is 0.796. The molecule has 104 valence electrons. The highest BCUT2D eigenvalue weighted by Gasteiger charge is 2.35. The average molecular weight is 339 g/mol. The van der Waals surface area contributed by atoms with Gasteiger partial charge in [0, 0.05) is 11.0 Å². The van der Waals surface area contributed by atoms with Crippen LogP contribution in [0.5, 0.6) is 0 Å². The zero-order valence-corrected chi connectivity index (χ0v) is 12.2. The molecule has 1 fully saturated rings. The number of nitrogens with zero attached hydrogens (tertiary/aromatic N) is 2. The Balaban J connectivity index is 2.32. The van der Waals surface area contributed by atoms with Gasteiger partial charge in [-0.05, 0) is 40.9 Å². The minimum Gasteiger partial charge on any atom is -0.308 e. The van der Waals surface area contributed by atoms with Gasteiger partial charge in [-0.15, -0.1) is 0 Å². The topological polar surface area (TPSA) is 61.2 Å². The first kappa shape index (κ1) is 14.7. The van der Waals surface area contributed by atoms with Crippen LogP contribution in [0, 0.1) is 23.1 Å². The second-order valence-electron chi connectivity index (χ2n) is 4.56. The highest BCUT2D eigenvalue weighted by molar-refractivity contribution is 9.10. The molecule has 1 unspecified atom stereocenters. The molecule has 2 rings (SSSR count). The van der Waals surface area contributed by atoms with Gasteiger partial charge in [0.05, 0.1) is 24.1 Å². The van der Waals surface area contributed by atoms with Gasteiger partial charge in [0.15, 0.2) is 5.78 Å². The maximum absolute atomic E-state index is 13.9. The third-order valence-electron chi connectivity index (χ3n) is 3.29. The normalized spacial score (nSPS) is 18.8. The van der Waals surface area contributed by atoms with Crippen molar-refractivity contribution >= 4 is 33.3 Å². The summed E-state index contributed by atoms with van der Waals surface area (Å²) in [4.78, 5) is 25.4. The molecule has 0 radical (unpaired) electrons. The first-order chi connectivity index (χ1) is 9.56. The minimum absolute atomic E-state index is 0.159. The Bertz CT molecular complexity index is 577. The summed E-state index contributed by atoms with van der Waals surface area (Å²) >= 11 is 3.23. The highest BCUT2D eigenvalue weighted by atomic mass is 79.9. The third kappa shape index (κ3) is 2.73. The number of anilines is 1. The summed E-state index contributed by atoms with van der Waals surface area (Å²) in [7, 11) is 0. The standard InChI is InChI=1S/C14H12BrFN2O2/c15-10-4-1-5-11(16)13(10)18-8-2-3-9(14(18)20)12(19)6-7-17/h1,4-5,9H,2-3,6,8H2. The molecule has 1 atom stereocenters. The Morgan fingerprint density at radius 3 is 2.95 bits per heavy atom. The summed E-state index contributed by atoms with van der Waals surface area (Å²) in [5.74, 6) is -2.17. The number of hydrogen-bond donors (Lipinski definition) is 0. The molecule has 1 heterocycles. The van der Waals surface area contributed by atoms with E-state index in [1.807, 2.05) is 0 Å². The molecule has 0 bridgehead atoms. The van der Waals surface area contributed by atoms with Gasteiger partial charge >= 0.3 is 0 Å². The van der Waals surface area contributed by atoms with Gasteiger partial charge in [0.2, 0.25) is 5.91 Å². The number of amides is 1. The molecule has 1 aliphatic heterocycles. The predicted octanol–water partition coefficient (Wildman–Crippen LogP) is 2.81. The number of carbonyl (C=O) groups is 2. The Morgan fingerprint density at radius 2 is 2.30 bits per heavy atom. The number of ketones is 1.